The van der Waals surface area contributed by atoms with Crippen LogP contribution in [0, 0.1) is 5.82 Å². The highest BCUT2D eigenvalue weighted by Gasteiger charge is 2.34. The Morgan fingerprint density at radius 2 is 1.90 bits per heavy atom. The van der Waals surface area contributed by atoms with Gasteiger partial charge in [0, 0.05) is 18.1 Å². The van der Waals surface area contributed by atoms with Gasteiger partial charge < -0.3 is 19.5 Å². The summed E-state index contributed by atoms with van der Waals surface area (Å²) in [6.07, 6.45) is -5.32. The maximum Gasteiger partial charge on any atom is 0.419 e. The molecular formula is C20H22BrF4NO3. The summed E-state index contributed by atoms with van der Waals surface area (Å²) in [6, 6.07) is 8.06. The Hall–Kier alpha value is -1.84. The second-order valence-corrected chi connectivity index (χ2v) is 7.47. The number of hydrogen-bond acceptors (Lipinski definition) is 4. The molecule has 0 aliphatic rings. The summed E-state index contributed by atoms with van der Waals surface area (Å²) in [5, 5.41) is 9.22. The van der Waals surface area contributed by atoms with Crippen molar-refractivity contribution < 1.29 is 32.1 Å². The molecular weight excluding hydrogens is 458 g/mol. The van der Waals surface area contributed by atoms with Crippen LogP contribution in [0.1, 0.15) is 18.1 Å². The standard InChI is InChI=1S/C20H22BrF4NO3/c1-13(27)11-28-8-7-26(2)18-10-15(21)4-6-19(18)29-12-14-3-5-17(22)16(9-14)20(23,24)25/h3-6,9-10,13,27H,7-8,11-12H2,1-2H3/t13-/m1/s1. The monoisotopic (exact) mass is 479 g/mol. The maximum atomic E-state index is 13.4. The van der Waals surface area contributed by atoms with Crippen LogP contribution < -0.4 is 9.64 Å². The van der Waals surface area contributed by atoms with Crippen molar-refractivity contribution in [2.75, 3.05) is 31.7 Å². The number of likely N-dealkylation sites (N-methyl/N-ethyl adjacent to an activating group) is 1. The van der Waals surface area contributed by atoms with E-state index in [1.54, 1.807) is 19.1 Å². The van der Waals surface area contributed by atoms with Gasteiger partial charge in [0.1, 0.15) is 18.2 Å². The van der Waals surface area contributed by atoms with Gasteiger partial charge in [-0.05, 0) is 42.8 Å². The summed E-state index contributed by atoms with van der Waals surface area (Å²) in [5.41, 5.74) is -0.407. The summed E-state index contributed by atoms with van der Waals surface area (Å²) >= 11 is 3.39. The van der Waals surface area contributed by atoms with Crippen LogP contribution in [0.15, 0.2) is 40.9 Å². The quantitative estimate of drug-likeness (QED) is 0.405. The highest BCUT2D eigenvalue weighted by molar-refractivity contribution is 9.10. The van der Waals surface area contributed by atoms with Gasteiger partial charge in [-0.25, -0.2) is 4.39 Å². The molecule has 2 aromatic carbocycles. The zero-order chi connectivity index (χ0) is 21.6. The molecule has 0 unspecified atom stereocenters. The Labute approximate surface area is 175 Å². The van der Waals surface area contributed by atoms with E-state index < -0.39 is 23.7 Å². The average molecular weight is 480 g/mol. The predicted octanol–water partition coefficient (Wildman–Crippen LogP) is 5.02. The fourth-order valence-corrected chi connectivity index (χ4v) is 2.88. The molecule has 1 atom stereocenters. The van der Waals surface area contributed by atoms with Gasteiger partial charge in [-0.15, -0.1) is 0 Å². The normalized spacial score (nSPS) is 12.7. The number of ether oxygens (including phenoxy) is 2. The van der Waals surface area contributed by atoms with Crippen molar-refractivity contribution in [1.82, 2.24) is 0 Å². The minimum absolute atomic E-state index is 0.148. The van der Waals surface area contributed by atoms with Crippen LogP contribution in [0.2, 0.25) is 0 Å². The third-order valence-corrected chi connectivity index (χ3v) is 4.49. The van der Waals surface area contributed by atoms with E-state index in [2.05, 4.69) is 15.9 Å². The molecule has 0 saturated carbocycles. The molecule has 0 fully saturated rings. The Morgan fingerprint density at radius 1 is 1.17 bits per heavy atom. The van der Waals surface area contributed by atoms with E-state index in [9.17, 15) is 22.7 Å². The number of benzene rings is 2. The fraction of sp³-hybridized carbons (Fsp3) is 0.400. The minimum Gasteiger partial charge on any atom is -0.487 e. The summed E-state index contributed by atoms with van der Waals surface area (Å²) in [5.74, 6) is -0.855. The SMILES string of the molecule is C[C@@H](O)COCCN(C)c1cc(Br)ccc1OCc1ccc(F)c(C(F)(F)F)c1. The van der Waals surface area contributed by atoms with Crippen molar-refractivity contribution in [2.24, 2.45) is 0 Å². The molecule has 29 heavy (non-hydrogen) atoms. The fourth-order valence-electron chi connectivity index (χ4n) is 2.53. The Balaban J connectivity index is 2.10. The van der Waals surface area contributed by atoms with E-state index in [1.807, 2.05) is 18.0 Å². The van der Waals surface area contributed by atoms with Crippen molar-refractivity contribution >= 4 is 21.6 Å². The number of aliphatic hydroxyl groups is 1. The molecule has 0 saturated heterocycles. The molecule has 160 valence electrons. The number of aliphatic hydroxyl groups excluding tert-OH is 1. The number of alkyl halides is 3. The molecule has 0 amide bonds. The van der Waals surface area contributed by atoms with Gasteiger partial charge in [0.25, 0.3) is 0 Å². The number of anilines is 1. The van der Waals surface area contributed by atoms with E-state index >= 15 is 0 Å². The van der Waals surface area contributed by atoms with Crippen LogP contribution in [0.5, 0.6) is 5.75 Å². The van der Waals surface area contributed by atoms with Crippen LogP contribution in [0.25, 0.3) is 0 Å². The molecule has 0 aromatic heterocycles. The summed E-state index contributed by atoms with van der Waals surface area (Å²) in [4.78, 5) is 1.87. The van der Waals surface area contributed by atoms with Gasteiger partial charge in [-0.3, -0.25) is 0 Å². The molecule has 0 spiro atoms. The summed E-state index contributed by atoms with van der Waals surface area (Å²) in [7, 11) is 1.82. The summed E-state index contributed by atoms with van der Waals surface area (Å²) in [6.45, 7) is 2.59. The van der Waals surface area contributed by atoms with Crippen LogP contribution in [0.4, 0.5) is 23.2 Å². The zero-order valence-electron chi connectivity index (χ0n) is 16.0. The number of hydrogen-bond donors (Lipinski definition) is 1. The van der Waals surface area contributed by atoms with Gasteiger partial charge >= 0.3 is 6.18 Å². The second kappa shape index (κ2) is 10.3. The molecule has 0 aliphatic heterocycles. The molecule has 1 N–H and O–H groups in total. The maximum absolute atomic E-state index is 13.4. The molecule has 0 heterocycles. The Bertz CT molecular complexity index is 815. The number of nitrogens with zero attached hydrogens (tertiary/aromatic N) is 1. The van der Waals surface area contributed by atoms with E-state index in [4.69, 9.17) is 9.47 Å². The van der Waals surface area contributed by atoms with Crippen LogP contribution in [-0.4, -0.2) is 38.0 Å². The van der Waals surface area contributed by atoms with Crippen molar-refractivity contribution in [1.29, 1.82) is 0 Å². The average Bonchev–Trinajstić information content (AvgIpc) is 2.64. The van der Waals surface area contributed by atoms with Gasteiger partial charge in [-0.2, -0.15) is 13.2 Å². The van der Waals surface area contributed by atoms with E-state index in [0.29, 0.717) is 24.6 Å². The minimum atomic E-state index is -4.77. The highest BCUT2D eigenvalue weighted by Crippen LogP contribution is 2.34. The first-order valence-corrected chi connectivity index (χ1v) is 9.62. The lowest BCUT2D eigenvalue weighted by Gasteiger charge is -2.23. The molecule has 0 aliphatic carbocycles. The first-order chi connectivity index (χ1) is 13.6. The van der Waals surface area contributed by atoms with Crippen LogP contribution in [-0.2, 0) is 17.5 Å². The largest absolute Gasteiger partial charge is 0.487 e. The molecule has 2 aromatic rings. The van der Waals surface area contributed by atoms with Gasteiger partial charge in [0.05, 0.1) is 30.6 Å². The zero-order valence-corrected chi connectivity index (χ0v) is 17.6. The lowest BCUT2D eigenvalue weighted by molar-refractivity contribution is -0.140. The Morgan fingerprint density at radius 3 is 2.55 bits per heavy atom. The van der Waals surface area contributed by atoms with E-state index in [0.717, 1.165) is 16.6 Å². The topological polar surface area (TPSA) is 41.9 Å². The highest BCUT2D eigenvalue weighted by atomic mass is 79.9. The van der Waals surface area contributed by atoms with Crippen molar-refractivity contribution in [2.45, 2.75) is 25.8 Å². The van der Waals surface area contributed by atoms with E-state index in [1.165, 1.54) is 6.07 Å². The molecule has 0 bridgehead atoms. The smallest absolute Gasteiger partial charge is 0.419 e. The van der Waals surface area contributed by atoms with E-state index in [-0.39, 0.29) is 18.8 Å². The number of rotatable bonds is 9. The third kappa shape index (κ3) is 7.17. The molecule has 0 radical (unpaired) electrons. The van der Waals surface area contributed by atoms with Gasteiger partial charge in [0.2, 0.25) is 0 Å². The Kier molecular flexibility index (Phi) is 8.30. The molecule has 2 rings (SSSR count). The molecule has 4 nitrogen and oxygen atoms in total. The van der Waals surface area contributed by atoms with Crippen molar-refractivity contribution in [3.63, 3.8) is 0 Å². The first kappa shape index (κ1) is 23.4. The predicted molar refractivity (Wildman–Crippen MR) is 106 cm³/mol. The van der Waals surface area contributed by atoms with Gasteiger partial charge in [-0.1, -0.05) is 22.0 Å². The van der Waals surface area contributed by atoms with Crippen molar-refractivity contribution in [3.05, 3.63) is 57.8 Å². The van der Waals surface area contributed by atoms with Crippen LogP contribution >= 0.6 is 15.9 Å². The molecule has 9 heteroatoms. The second-order valence-electron chi connectivity index (χ2n) is 6.56. The summed E-state index contributed by atoms with van der Waals surface area (Å²) < 4.78 is 64.0. The number of halogens is 5. The van der Waals surface area contributed by atoms with Gasteiger partial charge in [0.15, 0.2) is 0 Å². The third-order valence-electron chi connectivity index (χ3n) is 3.99. The lowest BCUT2D eigenvalue weighted by atomic mass is 10.1. The van der Waals surface area contributed by atoms with Crippen LogP contribution in [0.3, 0.4) is 0 Å². The first-order valence-electron chi connectivity index (χ1n) is 8.83. The van der Waals surface area contributed by atoms with Crippen molar-refractivity contribution in [3.8, 4) is 5.75 Å². The lowest BCUT2D eigenvalue weighted by Crippen LogP contribution is -2.24.